The zero-order valence-corrected chi connectivity index (χ0v) is 11.8. The molecule has 1 heterocycles. The molecule has 2 N–H and O–H groups in total. The smallest absolute Gasteiger partial charge is 0.238 e. The molecular weight excluding hydrogens is 271 g/mol. The molecular formula is C16H19FN2O2. The Morgan fingerprint density at radius 2 is 1.86 bits per heavy atom. The summed E-state index contributed by atoms with van der Waals surface area (Å²) >= 11 is 0. The first kappa shape index (κ1) is 14.0. The average molecular weight is 290 g/mol. The van der Waals surface area contributed by atoms with Gasteiger partial charge in [-0.1, -0.05) is 12.1 Å². The van der Waals surface area contributed by atoms with E-state index in [1.165, 1.54) is 12.1 Å². The molecule has 1 aliphatic carbocycles. The van der Waals surface area contributed by atoms with Crippen LogP contribution in [0, 0.1) is 11.2 Å². The predicted octanol–water partition coefficient (Wildman–Crippen LogP) is 2.14. The van der Waals surface area contributed by atoms with Gasteiger partial charge in [-0.05, 0) is 49.8 Å². The van der Waals surface area contributed by atoms with E-state index in [0.717, 1.165) is 24.8 Å². The summed E-state index contributed by atoms with van der Waals surface area (Å²) in [5.41, 5.74) is 5.35. The first-order chi connectivity index (χ1) is 10.0. The maximum Gasteiger partial charge on any atom is 0.238 e. The summed E-state index contributed by atoms with van der Waals surface area (Å²) < 4.78 is 13.1. The molecule has 4 nitrogen and oxygen atoms in total. The molecule has 21 heavy (non-hydrogen) atoms. The predicted molar refractivity (Wildman–Crippen MR) is 75.6 cm³/mol. The van der Waals surface area contributed by atoms with Crippen LogP contribution in [-0.2, 0) is 9.59 Å². The maximum absolute atomic E-state index is 13.1. The van der Waals surface area contributed by atoms with Crippen LogP contribution >= 0.6 is 0 Å². The summed E-state index contributed by atoms with van der Waals surface area (Å²) in [6.07, 6.45) is 3.89. The second-order valence-corrected chi connectivity index (χ2v) is 6.01. The number of piperidine rings is 1. The van der Waals surface area contributed by atoms with E-state index in [-0.39, 0.29) is 17.8 Å². The number of rotatable bonds is 3. The second-order valence-electron chi connectivity index (χ2n) is 6.01. The number of hydrogen-bond donors (Lipinski definition) is 1. The first-order valence-corrected chi connectivity index (χ1v) is 7.41. The third kappa shape index (κ3) is 2.41. The number of likely N-dealkylation sites (tertiary alicyclic amines) is 1. The van der Waals surface area contributed by atoms with Crippen molar-refractivity contribution < 1.29 is 14.0 Å². The molecule has 1 aromatic rings. The molecule has 1 saturated heterocycles. The third-order valence-electron chi connectivity index (χ3n) is 4.65. The zero-order valence-electron chi connectivity index (χ0n) is 11.8. The SMILES string of the molecule is NC(=O)C1(C(=O)N2CCCCC2c2ccc(F)cc2)CC1. The van der Waals surface area contributed by atoms with Crippen LogP contribution in [0.25, 0.3) is 0 Å². The molecule has 5 heteroatoms. The van der Waals surface area contributed by atoms with E-state index in [1.807, 2.05) is 0 Å². The van der Waals surface area contributed by atoms with Crippen LogP contribution in [-0.4, -0.2) is 23.3 Å². The van der Waals surface area contributed by atoms with Crippen LogP contribution in [0.5, 0.6) is 0 Å². The number of carbonyl (C=O) groups excluding carboxylic acids is 2. The fourth-order valence-electron chi connectivity index (χ4n) is 3.17. The Kier molecular flexibility index (Phi) is 3.43. The molecule has 0 spiro atoms. The summed E-state index contributed by atoms with van der Waals surface area (Å²) in [5, 5.41) is 0. The normalized spacial score (nSPS) is 23.7. The molecule has 1 atom stereocenters. The Morgan fingerprint density at radius 1 is 1.19 bits per heavy atom. The van der Waals surface area contributed by atoms with E-state index in [2.05, 4.69) is 0 Å². The van der Waals surface area contributed by atoms with Crippen molar-refractivity contribution in [2.75, 3.05) is 6.54 Å². The number of nitrogens with zero attached hydrogens (tertiary/aromatic N) is 1. The Labute approximate surface area is 123 Å². The van der Waals surface area contributed by atoms with Gasteiger partial charge in [0.05, 0.1) is 6.04 Å². The highest BCUT2D eigenvalue weighted by Gasteiger charge is 2.57. The van der Waals surface area contributed by atoms with Crippen molar-refractivity contribution in [3.63, 3.8) is 0 Å². The second kappa shape index (κ2) is 5.13. The fourth-order valence-corrected chi connectivity index (χ4v) is 3.17. The topological polar surface area (TPSA) is 63.4 Å². The minimum atomic E-state index is -0.977. The standard InChI is InChI=1S/C16H19FN2O2/c17-12-6-4-11(5-7-12)13-3-1-2-10-19(13)15(21)16(8-9-16)14(18)20/h4-7,13H,1-3,8-10H2,(H2,18,20). The van der Waals surface area contributed by atoms with Crippen molar-refractivity contribution in [3.8, 4) is 0 Å². The minimum Gasteiger partial charge on any atom is -0.369 e. The van der Waals surface area contributed by atoms with Crippen LogP contribution in [0.2, 0.25) is 0 Å². The number of amides is 2. The van der Waals surface area contributed by atoms with Crippen LogP contribution in [0.15, 0.2) is 24.3 Å². The van der Waals surface area contributed by atoms with E-state index in [9.17, 15) is 14.0 Å². The molecule has 0 aromatic heterocycles. The summed E-state index contributed by atoms with van der Waals surface area (Å²) in [6.45, 7) is 0.635. The summed E-state index contributed by atoms with van der Waals surface area (Å²) in [4.78, 5) is 26.1. The van der Waals surface area contributed by atoms with E-state index in [0.29, 0.717) is 19.4 Å². The van der Waals surface area contributed by atoms with Crippen molar-refractivity contribution in [1.29, 1.82) is 0 Å². The number of carbonyl (C=O) groups is 2. The van der Waals surface area contributed by atoms with Crippen molar-refractivity contribution in [2.24, 2.45) is 11.1 Å². The van der Waals surface area contributed by atoms with Crippen molar-refractivity contribution in [1.82, 2.24) is 4.90 Å². The molecule has 0 radical (unpaired) electrons. The Bertz CT molecular complexity index is 566. The highest BCUT2D eigenvalue weighted by molar-refractivity contribution is 6.07. The molecule has 3 rings (SSSR count). The number of halogens is 1. The van der Waals surface area contributed by atoms with E-state index >= 15 is 0 Å². The molecule has 1 unspecified atom stereocenters. The molecule has 2 fully saturated rings. The maximum atomic E-state index is 13.1. The van der Waals surface area contributed by atoms with Gasteiger partial charge in [0.15, 0.2) is 0 Å². The van der Waals surface area contributed by atoms with Crippen molar-refractivity contribution in [2.45, 2.75) is 38.1 Å². The zero-order chi connectivity index (χ0) is 15.0. The number of benzene rings is 1. The Balaban J connectivity index is 1.86. The van der Waals surface area contributed by atoms with Crippen LogP contribution in [0.4, 0.5) is 4.39 Å². The molecule has 1 aliphatic heterocycles. The van der Waals surface area contributed by atoms with E-state index in [1.54, 1.807) is 17.0 Å². The van der Waals surface area contributed by atoms with E-state index in [4.69, 9.17) is 5.73 Å². The third-order valence-corrected chi connectivity index (χ3v) is 4.65. The largest absolute Gasteiger partial charge is 0.369 e. The minimum absolute atomic E-state index is 0.0799. The van der Waals surface area contributed by atoms with Gasteiger partial charge in [-0.2, -0.15) is 0 Å². The van der Waals surface area contributed by atoms with Crippen LogP contribution in [0.1, 0.15) is 43.7 Å². The average Bonchev–Trinajstić information content (AvgIpc) is 3.29. The molecule has 1 aromatic carbocycles. The lowest BCUT2D eigenvalue weighted by Gasteiger charge is -2.38. The van der Waals surface area contributed by atoms with E-state index < -0.39 is 11.3 Å². The fraction of sp³-hybridized carbons (Fsp3) is 0.500. The molecule has 0 bridgehead atoms. The van der Waals surface area contributed by atoms with Crippen LogP contribution in [0.3, 0.4) is 0 Å². The quantitative estimate of drug-likeness (QED) is 0.867. The first-order valence-electron chi connectivity index (χ1n) is 7.41. The highest BCUT2D eigenvalue weighted by atomic mass is 19.1. The lowest BCUT2D eigenvalue weighted by Crippen LogP contribution is -2.46. The molecule has 1 saturated carbocycles. The molecule has 112 valence electrons. The summed E-state index contributed by atoms with van der Waals surface area (Å²) in [5.74, 6) is -0.955. The van der Waals surface area contributed by atoms with Gasteiger partial charge in [0.1, 0.15) is 11.2 Å². The number of hydrogen-bond acceptors (Lipinski definition) is 2. The van der Waals surface area contributed by atoms with Gasteiger partial charge >= 0.3 is 0 Å². The van der Waals surface area contributed by atoms with Gasteiger partial charge in [0.2, 0.25) is 11.8 Å². The summed E-state index contributed by atoms with van der Waals surface area (Å²) in [6, 6.07) is 6.18. The Hall–Kier alpha value is -1.91. The number of nitrogens with two attached hydrogens (primary N) is 1. The molecule has 2 aliphatic rings. The van der Waals surface area contributed by atoms with Gasteiger partial charge in [-0.3, -0.25) is 9.59 Å². The van der Waals surface area contributed by atoms with Gasteiger partial charge in [0, 0.05) is 6.54 Å². The monoisotopic (exact) mass is 290 g/mol. The van der Waals surface area contributed by atoms with Gasteiger partial charge in [-0.25, -0.2) is 4.39 Å². The van der Waals surface area contributed by atoms with Crippen LogP contribution < -0.4 is 5.73 Å². The lowest BCUT2D eigenvalue weighted by molar-refractivity contribution is -0.146. The molecule has 2 amide bonds. The number of primary amides is 1. The lowest BCUT2D eigenvalue weighted by atomic mass is 9.92. The summed E-state index contributed by atoms with van der Waals surface area (Å²) in [7, 11) is 0. The van der Waals surface area contributed by atoms with Gasteiger partial charge < -0.3 is 10.6 Å². The van der Waals surface area contributed by atoms with Crippen molar-refractivity contribution >= 4 is 11.8 Å². The highest BCUT2D eigenvalue weighted by Crippen LogP contribution is 2.49. The van der Waals surface area contributed by atoms with Gasteiger partial charge in [-0.15, -0.1) is 0 Å². The Morgan fingerprint density at radius 3 is 2.43 bits per heavy atom. The van der Waals surface area contributed by atoms with Crippen molar-refractivity contribution in [3.05, 3.63) is 35.6 Å². The van der Waals surface area contributed by atoms with Gasteiger partial charge in [0.25, 0.3) is 0 Å².